The molecule has 0 fully saturated rings. The van der Waals surface area contributed by atoms with Crippen LogP contribution >= 0.6 is 11.3 Å². The molecule has 0 amide bonds. The zero-order valence-corrected chi connectivity index (χ0v) is 10.4. The van der Waals surface area contributed by atoms with Gasteiger partial charge in [0.25, 0.3) is 0 Å². The van der Waals surface area contributed by atoms with Gasteiger partial charge in [-0.15, -0.1) is 11.3 Å². The maximum absolute atomic E-state index is 11.2. The van der Waals surface area contributed by atoms with Crippen LogP contribution in [0.4, 0.5) is 0 Å². The summed E-state index contributed by atoms with van der Waals surface area (Å²) in [5, 5.41) is 2.05. The lowest BCUT2D eigenvalue weighted by Crippen LogP contribution is -2.02. The van der Waals surface area contributed by atoms with Crippen LogP contribution in [0.2, 0.25) is 0 Å². The quantitative estimate of drug-likeness (QED) is 0.762. The average molecular weight is 247 g/mol. The van der Waals surface area contributed by atoms with Crippen LogP contribution in [-0.2, 0) is 6.42 Å². The van der Waals surface area contributed by atoms with Crippen LogP contribution in [0.3, 0.4) is 0 Å². The van der Waals surface area contributed by atoms with Gasteiger partial charge < -0.3 is 4.74 Å². The van der Waals surface area contributed by atoms with Crippen molar-refractivity contribution in [1.82, 2.24) is 4.98 Å². The molecule has 0 unspecified atom stereocenters. The van der Waals surface area contributed by atoms with E-state index in [4.69, 9.17) is 4.74 Å². The number of hydrogen-bond acceptors (Lipinski definition) is 4. The minimum Gasteiger partial charge on any atom is -0.477 e. The first-order valence-electron chi connectivity index (χ1n) is 5.38. The van der Waals surface area contributed by atoms with E-state index in [1.807, 2.05) is 11.4 Å². The molecule has 0 N–H and O–H groups in total. The van der Waals surface area contributed by atoms with Crippen LogP contribution in [0, 0.1) is 0 Å². The van der Waals surface area contributed by atoms with Gasteiger partial charge in [-0.1, -0.05) is 6.07 Å². The van der Waals surface area contributed by atoms with Gasteiger partial charge in [0.05, 0.1) is 6.61 Å². The number of Topliss-reactive ketones (excluding diaryl/α,β-unsaturated/α-hetero) is 1. The predicted molar refractivity (Wildman–Crippen MR) is 67.8 cm³/mol. The predicted octanol–water partition coefficient (Wildman–Crippen LogP) is 2.97. The summed E-state index contributed by atoms with van der Waals surface area (Å²) in [7, 11) is 0. The monoisotopic (exact) mass is 247 g/mol. The van der Waals surface area contributed by atoms with Crippen molar-refractivity contribution in [3.05, 3.63) is 46.3 Å². The van der Waals surface area contributed by atoms with Gasteiger partial charge >= 0.3 is 0 Å². The maximum atomic E-state index is 11.2. The van der Waals surface area contributed by atoms with Crippen molar-refractivity contribution in [1.29, 1.82) is 0 Å². The minimum absolute atomic E-state index is 0.0236. The van der Waals surface area contributed by atoms with E-state index in [-0.39, 0.29) is 5.78 Å². The SMILES string of the molecule is CC(=O)c1ccnc(OCCc2cccs2)c1. The molecular weight excluding hydrogens is 234 g/mol. The van der Waals surface area contributed by atoms with Gasteiger partial charge in [0.2, 0.25) is 5.88 Å². The molecule has 88 valence electrons. The molecule has 0 aliphatic carbocycles. The Hall–Kier alpha value is -1.68. The second-order valence-electron chi connectivity index (χ2n) is 3.62. The summed E-state index contributed by atoms with van der Waals surface area (Å²) in [6.07, 6.45) is 2.46. The molecule has 0 saturated carbocycles. The second kappa shape index (κ2) is 5.59. The number of carbonyl (C=O) groups excluding carboxylic acids is 1. The van der Waals surface area contributed by atoms with Crippen LogP contribution < -0.4 is 4.74 Å². The average Bonchev–Trinajstić information content (AvgIpc) is 2.82. The lowest BCUT2D eigenvalue weighted by atomic mass is 10.2. The van der Waals surface area contributed by atoms with Gasteiger partial charge in [0, 0.05) is 29.1 Å². The molecule has 0 aromatic carbocycles. The zero-order chi connectivity index (χ0) is 12.1. The van der Waals surface area contributed by atoms with Gasteiger partial charge in [-0.05, 0) is 24.4 Å². The number of ether oxygens (including phenoxy) is 1. The topological polar surface area (TPSA) is 39.2 Å². The Morgan fingerprint density at radius 3 is 3.06 bits per heavy atom. The molecule has 2 aromatic heterocycles. The Kier molecular flexibility index (Phi) is 3.88. The first kappa shape index (κ1) is 11.8. The van der Waals surface area contributed by atoms with Crippen molar-refractivity contribution in [2.45, 2.75) is 13.3 Å². The Labute approximate surface area is 104 Å². The van der Waals surface area contributed by atoms with E-state index >= 15 is 0 Å². The van der Waals surface area contributed by atoms with E-state index < -0.39 is 0 Å². The standard InChI is InChI=1S/C13H13NO2S/c1-10(15)11-4-6-14-13(9-11)16-7-5-12-3-2-8-17-12/h2-4,6,8-9H,5,7H2,1H3. The van der Waals surface area contributed by atoms with E-state index in [0.717, 1.165) is 6.42 Å². The normalized spacial score (nSPS) is 10.2. The molecule has 3 nitrogen and oxygen atoms in total. The van der Waals surface area contributed by atoms with E-state index in [9.17, 15) is 4.79 Å². The Bertz CT molecular complexity index is 494. The summed E-state index contributed by atoms with van der Waals surface area (Å²) in [6.45, 7) is 2.11. The third kappa shape index (κ3) is 3.39. The largest absolute Gasteiger partial charge is 0.477 e. The fourth-order valence-electron chi connectivity index (χ4n) is 1.42. The summed E-state index contributed by atoms with van der Waals surface area (Å²) in [5.74, 6) is 0.532. The zero-order valence-electron chi connectivity index (χ0n) is 9.55. The van der Waals surface area contributed by atoms with Gasteiger partial charge in [0.15, 0.2) is 5.78 Å². The Balaban J connectivity index is 1.90. The highest BCUT2D eigenvalue weighted by Gasteiger charge is 2.02. The van der Waals surface area contributed by atoms with Crippen LogP contribution in [0.5, 0.6) is 5.88 Å². The number of aromatic nitrogens is 1. The van der Waals surface area contributed by atoms with E-state index in [0.29, 0.717) is 18.1 Å². The molecule has 2 heterocycles. The molecule has 2 rings (SSSR count). The number of carbonyl (C=O) groups is 1. The number of rotatable bonds is 5. The Morgan fingerprint density at radius 1 is 1.47 bits per heavy atom. The molecule has 0 radical (unpaired) electrons. The highest BCUT2D eigenvalue weighted by Crippen LogP contribution is 2.12. The summed E-state index contributed by atoms with van der Waals surface area (Å²) in [4.78, 5) is 16.5. The van der Waals surface area contributed by atoms with E-state index in [2.05, 4.69) is 11.1 Å². The van der Waals surface area contributed by atoms with Gasteiger partial charge in [-0.3, -0.25) is 4.79 Å². The van der Waals surface area contributed by atoms with Gasteiger partial charge in [-0.25, -0.2) is 4.98 Å². The van der Waals surface area contributed by atoms with Crippen molar-refractivity contribution in [3.63, 3.8) is 0 Å². The Morgan fingerprint density at radius 2 is 2.35 bits per heavy atom. The number of hydrogen-bond donors (Lipinski definition) is 0. The van der Waals surface area contributed by atoms with E-state index in [1.165, 1.54) is 11.8 Å². The summed E-state index contributed by atoms with van der Waals surface area (Å²) in [6, 6.07) is 7.47. The number of nitrogens with zero attached hydrogens (tertiary/aromatic N) is 1. The maximum Gasteiger partial charge on any atom is 0.213 e. The van der Waals surface area contributed by atoms with Gasteiger partial charge in [-0.2, -0.15) is 0 Å². The lowest BCUT2D eigenvalue weighted by Gasteiger charge is -2.04. The lowest BCUT2D eigenvalue weighted by molar-refractivity contribution is 0.101. The van der Waals surface area contributed by atoms with Crippen molar-refractivity contribution < 1.29 is 9.53 Å². The van der Waals surface area contributed by atoms with Crippen molar-refractivity contribution in [2.75, 3.05) is 6.61 Å². The molecule has 0 bridgehead atoms. The number of pyridine rings is 1. The molecule has 0 atom stereocenters. The summed E-state index contributed by atoms with van der Waals surface area (Å²) in [5.41, 5.74) is 0.631. The molecule has 0 aliphatic rings. The van der Waals surface area contributed by atoms with Crippen LogP contribution in [0.15, 0.2) is 35.8 Å². The van der Waals surface area contributed by atoms with Crippen molar-refractivity contribution in [3.8, 4) is 5.88 Å². The third-order valence-corrected chi connectivity index (χ3v) is 3.26. The molecular formula is C13H13NO2S. The third-order valence-electron chi connectivity index (χ3n) is 2.32. The molecule has 0 aliphatic heterocycles. The molecule has 4 heteroatoms. The smallest absolute Gasteiger partial charge is 0.213 e. The van der Waals surface area contributed by atoms with Crippen LogP contribution in [-0.4, -0.2) is 17.4 Å². The first-order chi connectivity index (χ1) is 8.25. The van der Waals surface area contributed by atoms with E-state index in [1.54, 1.807) is 29.7 Å². The molecule has 17 heavy (non-hydrogen) atoms. The molecule has 2 aromatic rings. The van der Waals surface area contributed by atoms with Crippen LogP contribution in [0.1, 0.15) is 22.2 Å². The summed E-state index contributed by atoms with van der Waals surface area (Å²) >= 11 is 1.71. The first-order valence-corrected chi connectivity index (χ1v) is 6.26. The van der Waals surface area contributed by atoms with Crippen molar-refractivity contribution >= 4 is 17.1 Å². The number of thiophene rings is 1. The second-order valence-corrected chi connectivity index (χ2v) is 4.65. The fourth-order valence-corrected chi connectivity index (χ4v) is 2.11. The highest BCUT2D eigenvalue weighted by atomic mass is 32.1. The fraction of sp³-hybridized carbons (Fsp3) is 0.231. The number of ketones is 1. The van der Waals surface area contributed by atoms with Crippen LogP contribution in [0.25, 0.3) is 0 Å². The molecule has 0 spiro atoms. The minimum atomic E-state index is 0.0236. The molecule has 0 saturated heterocycles. The highest BCUT2D eigenvalue weighted by molar-refractivity contribution is 7.09. The van der Waals surface area contributed by atoms with Crippen molar-refractivity contribution in [2.24, 2.45) is 0 Å². The van der Waals surface area contributed by atoms with Gasteiger partial charge in [0.1, 0.15) is 0 Å². The summed E-state index contributed by atoms with van der Waals surface area (Å²) < 4.78 is 5.51.